The van der Waals surface area contributed by atoms with E-state index in [-0.39, 0.29) is 6.04 Å². The Morgan fingerprint density at radius 1 is 1.44 bits per heavy atom. The number of aromatic nitrogens is 2. The number of rotatable bonds is 3. The summed E-state index contributed by atoms with van der Waals surface area (Å²) in [4.78, 5) is 0. The van der Waals surface area contributed by atoms with Gasteiger partial charge in [0.05, 0.1) is 17.9 Å². The summed E-state index contributed by atoms with van der Waals surface area (Å²) in [7, 11) is 1.91. The van der Waals surface area contributed by atoms with E-state index in [2.05, 4.69) is 33.3 Å². The van der Waals surface area contributed by atoms with Crippen LogP contribution in [0.4, 0.5) is 5.69 Å². The van der Waals surface area contributed by atoms with E-state index in [9.17, 15) is 0 Å². The first kappa shape index (κ1) is 13.4. The molecule has 2 rings (SSSR count). The maximum Gasteiger partial charge on any atom is 0.0542 e. The van der Waals surface area contributed by atoms with Crippen molar-refractivity contribution in [2.75, 3.05) is 5.32 Å². The van der Waals surface area contributed by atoms with E-state index in [0.29, 0.717) is 0 Å². The largest absolute Gasteiger partial charge is 0.377 e. The molecule has 1 heterocycles. The lowest BCUT2D eigenvalue weighted by atomic mass is 10.1. The predicted octanol–water partition coefficient (Wildman–Crippen LogP) is 4.32. The minimum Gasteiger partial charge on any atom is -0.377 e. The molecule has 0 saturated carbocycles. The second kappa shape index (κ2) is 5.33. The molecule has 96 valence electrons. The van der Waals surface area contributed by atoms with Crippen LogP contribution in [0.25, 0.3) is 0 Å². The van der Waals surface area contributed by atoms with E-state index in [1.165, 1.54) is 0 Å². The average molecular weight is 329 g/mol. The van der Waals surface area contributed by atoms with Crippen LogP contribution >= 0.6 is 27.5 Å². The summed E-state index contributed by atoms with van der Waals surface area (Å²) in [5, 5.41) is 8.36. The van der Waals surface area contributed by atoms with Crippen molar-refractivity contribution in [2.24, 2.45) is 7.05 Å². The molecule has 1 atom stereocenters. The molecule has 1 N–H and O–H groups in total. The lowest BCUT2D eigenvalue weighted by molar-refractivity contribution is 0.765. The fourth-order valence-corrected chi connectivity index (χ4v) is 2.47. The van der Waals surface area contributed by atoms with Crippen molar-refractivity contribution in [1.29, 1.82) is 0 Å². The smallest absolute Gasteiger partial charge is 0.0542 e. The third-order valence-electron chi connectivity index (χ3n) is 2.85. The molecule has 0 aliphatic heterocycles. The highest BCUT2D eigenvalue weighted by molar-refractivity contribution is 9.10. The Hall–Kier alpha value is -1.000. The number of nitrogens with one attached hydrogen (secondary N) is 1. The van der Waals surface area contributed by atoms with Crippen LogP contribution in [-0.4, -0.2) is 9.78 Å². The van der Waals surface area contributed by atoms with E-state index in [1.807, 2.05) is 38.5 Å². The predicted molar refractivity (Wildman–Crippen MR) is 79.1 cm³/mol. The van der Waals surface area contributed by atoms with Gasteiger partial charge in [-0.25, -0.2) is 0 Å². The Bertz CT molecular complexity index is 565. The first-order valence-corrected chi connectivity index (χ1v) is 6.85. The van der Waals surface area contributed by atoms with Crippen molar-refractivity contribution < 1.29 is 0 Å². The number of anilines is 1. The fraction of sp³-hybridized carbons (Fsp3) is 0.308. The summed E-state index contributed by atoms with van der Waals surface area (Å²) in [6, 6.07) is 4.13. The summed E-state index contributed by atoms with van der Waals surface area (Å²) in [5.74, 6) is 0. The Kier molecular flexibility index (Phi) is 3.97. The summed E-state index contributed by atoms with van der Waals surface area (Å²) in [5.41, 5.74) is 3.19. The van der Waals surface area contributed by atoms with Crippen LogP contribution in [0.2, 0.25) is 5.02 Å². The summed E-state index contributed by atoms with van der Waals surface area (Å²) in [6.07, 6.45) is 3.86. The molecule has 0 aliphatic carbocycles. The van der Waals surface area contributed by atoms with Gasteiger partial charge in [0.25, 0.3) is 0 Å². The number of aryl methyl sites for hydroxylation is 2. The number of hydrogen-bond acceptors (Lipinski definition) is 2. The van der Waals surface area contributed by atoms with Gasteiger partial charge < -0.3 is 5.32 Å². The first-order valence-electron chi connectivity index (χ1n) is 5.68. The molecule has 0 amide bonds. The van der Waals surface area contributed by atoms with Crippen molar-refractivity contribution >= 4 is 33.2 Å². The van der Waals surface area contributed by atoms with E-state index in [4.69, 9.17) is 11.6 Å². The van der Waals surface area contributed by atoms with Crippen molar-refractivity contribution in [3.05, 3.63) is 45.1 Å². The Morgan fingerprint density at radius 3 is 2.78 bits per heavy atom. The second-order valence-corrected chi connectivity index (χ2v) is 5.66. The minimum atomic E-state index is 0.175. The van der Waals surface area contributed by atoms with Gasteiger partial charge in [-0.3, -0.25) is 4.68 Å². The van der Waals surface area contributed by atoms with Gasteiger partial charge >= 0.3 is 0 Å². The Balaban J connectivity index is 2.21. The molecule has 1 aromatic heterocycles. The molecule has 0 aliphatic rings. The molecular weight excluding hydrogens is 314 g/mol. The lowest BCUT2D eigenvalue weighted by Crippen LogP contribution is -2.06. The highest BCUT2D eigenvalue weighted by Crippen LogP contribution is 2.31. The molecule has 1 unspecified atom stereocenters. The van der Waals surface area contributed by atoms with Gasteiger partial charge in [-0.1, -0.05) is 11.6 Å². The van der Waals surface area contributed by atoms with Gasteiger partial charge in [-0.2, -0.15) is 5.10 Å². The average Bonchev–Trinajstić information content (AvgIpc) is 2.73. The van der Waals surface area contributed by atoms with Crippen LogP contribution < -0.4 is 5.32 Å². The zero-order valence-electron chi connectivity index (χ0n) is 10.5. The van der Waals surface area contributed by atoms with Crippen molar-refractivity contribution in [1.82, 2.24) is 9.78 Å². The van der Waals surface area contributed by atoms with Crippen LogP contribution in [0.3, 0.4) is 0 Å². The molecule has 18 heavy (non-hydrogen) atoms. The molecule has 0 spiro atoms. The van der Waals surface area contributed by atoms with Gasteiger partial charge in [-0.15, -0.1) is 0 Å². The molecule has 0 bridgehead atoms. The van der Waals surface area contributed by atoms with Gasteiger partial charge in [0.2, 0.25) is 0 Å². The molecule has 0 radical (unpaired) electrons. The second-order valence-electron chi connectivity index (χ2n) is 4.39. The fourth-order valence-electron chi connectivity index (χ4n) is 1.74. The number of halogens is 2. The molecule has 1 aromatic carbocycles. The maximum absolute atomic E-state index is 6.14. The number of benzene rings is 1. The molecule has 0 saturated heterocycles. The van der Waals surface area contributed by atoms with E-state index < -0.39 is 0 Å². The SMILES string of the molecule is Cc1cc(Br)c(NC(C)c2cnn(C)c2)cc1Cl. The Labute approximate surface area is 120 Å². The zero-order chi connectivity index (χ0) is 13.3. The van der Waals surface area contributed by atoms with Crippen LogP contribution in [0.15, 0.2) is 29.0 Å². The van der Waals surface area contributed by atoms with Crippen LogP contribution in [-0.2, 0) is 7.05 Å². The standard InChI is InChI=1S/C13H15BrClN3/c1-8-4-11(14)13(5-12(8)15)17-9(2)10-6-16-18(3)7-10/h4-7,9,17H,1-3H3. The topological polar surface area (TPSA) is 29.9 Å². The summed E-state index contributed by atoms with van der Waals surface area (Å²) >= 11 is 9.69. The van der Waals surface area contributed by atoms with E-state index in [0.717, 1.165) is 26.3 Å². The van der Waals surface area contributed by atoms with Gasteiger partial charge in [0, 0.05) is 28.3 Å². The number of hydrogen-bond donors (Lipinski definition) is 1. The van der Waals surface area contributed by atoms with Crippen molar-refractivity contribution in [2.45, 2.75) is 19.9 Å². The van der Waals surface area contributed by atoms with Crippen molar-refractivity contribution in [3.8, 4) is 0 Å². The third kappa shape index (κ3) is 2.87. The van der Waals surface area contributed by atoms with E-state index in [1.54, 1.807) is 4.68 Å². The zero-order valence-corrected chi connectivity index (χ0v) is 12.9. The molecule has 2 aromatic rings. The molecule has 5 heteroatoms. The monoisotopic (exact) mass is 327 g/mol. The van der Waals surface area contributed by atoms with Crippen LogP contribution in [0.5, 0.6) is 0 Å². The summed E-state index contributed by atoms with van der Waals surface area (Å²) in [6.45, 7) is 4.08. The maximum atomic E-state index is 6.14. The van der Waals surface area contributed by atoms with Gasteiger partial charge in [-0.05, 0) is 47.5 Å². The molecular formula is C13H15BrClN3. The number of nitrogens with zero attached hydrogens (tertiary/aromatic N) is 2. The van der Waals surface area contributed by atoms with Gasteiger partial charge in [0.15, 0.2) is 0 Å². The molecule has 3 nitrogen and oxygen atoms in total. The highest BCUT2D eigenvalue weighted by Gasteiger charge is 2.10. The normalized spacial score (nSPS) is 12.5. The quantitative estimate of drug-likeness (QED) is 0.909. The van der Waals surface area contributed by atoms with Crippen LogP contribution in [0.1, 0.15) is 24.1 Å². The summed E-state index contributed by atoms with van der Waals surface area (Å²) < 4.78 is 2.81. The van der Waals surface area contributed by atoms with Gasteiger partial charge in [0.1, 0.15) is 0 Å². The van der Waals surface area contributed by atoms with Crippen LogP contribution in [0, 0.1) is 6.92 Å². The third-order valence-corrected chi connectivity index (χ3v) is 3.91. The minimum absolute atomic E-state index is 0.175. The molecule has 0 fully saturated rings. The van der Waals surface area contributed by atoms with Crippen molar-refractivity contribution in [3.63, 3.8) is 0 Å². The Morgan fingerprint density at radius 2 is 2.17 bits per heavy atom. The lowest BCUT2D eigenvalue weighted by Gasteiger charge is -2.16. The first-order chi connectivity index (χ1) is 8.47. The van der Waals surface area contributed by atoms with E-state index >= 15 is 0 Å². The highest BCUT2D eigenvalue weighted by atomic mass is 79.9.